The maximum atomic E-state index is 10.8. The molecule has 2 rings (SSSR count). The number of aliphatic carboxylic acids is 1. The lowest BCUT2D eigenvalue weighted by molar-refractivity contribution is -0.140. The van der Waals surface area contributed by atoms with Gasteiger partial charge in [-0.2, -0.15) is 0 Å². The van der Waals surface area contributed by atoms with Crippen LogP contribution in [0.25, 0.3) is 0 Å². The van der Waals surface area contributed by atoms with Crippen molar-refractivity contribution >= 4 is 5.97 Å². The number of nitrogens with zero attached hydrogens (tertiary/aromatic N) is 2. The van der Waals surface area contributed by atoms with Crippen molar-refractivity contribution in [2.75, 3.05) is 6.61 Å². The van der Waals surface area contributed by atoms with Crippen LogP contribution in [-0.4, -0.2) is 38.8 Å². The van der Waals surface area contributed by atoms with Gasteiger partial charge in [0, 0.05) is 30.9 Å². The van der Waals surface area contributed by atoms with Crippen LogP contribution >= 0.6 is 0 Å². The number of aromatic nitrogens is 2. The van der Waals surface area contributed by atoms with Crippen molar-refractivity contribution in [1.29, 1.82) is 0 Å². The molecule has 1 aromatic heterocycles. The van der Waals surface area contributed by atoms with Crippen LogP contribution in [0.3, 0.4) is 0 Å². The van der Waals surface area contributed by atoms with Gasteiger partial charge in [0.15, 0.2) is 0 Å². The van der Waals surface area contributed by atoms with Gasteiger partial charge in [-0.15, -0.1) is 0 Å². The van der Waals surface area contributed by atoms with Gasteiger partial charge in [0.1, 0.15) is 11.9 Å². The third kappa shape index (κ3) is 4.91. The number of aryl methyl sites for hydroxylation is 2. The monoisotopic (exact) mass is 301 g/mol. The molecule has 6 nitrogen and oxygen atoms in total. The van der Waals surface area contributed by atoms with Gasteiger partial charge in [0.05, 0.1) is 6.61 Å². The number of hydrogen-bond acceptors (Lipinski definition) is 5. The second-order valence-electron chi connectivity index (χ2n) is 4.95. The van der Waals surface area contributed by atoms with Crippen LogP contribution in [0.5, 0.6) is 0 Å². The standard InChI is InChI=1S/C16H19N3O3/c20-11-14(16(21)22)17-8-13-9-18-15(19-10-13)7-6-12-4-2-1-3-5-12/h1-5,9-10,14,17,20H,6-8,11H2,(H,21,22)/t14-/m0/s1. The Morgan fingerprint density at radius 2 is 1.77 bits per heavy atom. The molecule has 0 aliphatic carbocycles. The Kier molecular flexibility index (Phi) is 6.00. The van der Waals surface area contributed by atoms with E-state index in [2.05, 4.69) is 27.4 Å². The van der Waals surface area contributed by atoms with Crippen LogP contribution in [0.15, 0.2) is 42.7 Å². The number of hydrogen-bond donors (Lipinski definition) is 3. The van der Waals surface area contributed by atoms with Gasteiger partial charge in [0.25, 0.3) is 0 Å². The summed E-state index contributed by atoms with van der Waals surface area (Å²) >= 11 is 0. The van der Waals surface area contributed by atoms with E-state index in [1.165, 1.54) is 5.56 Å². The smallest absolute Gasteiger partial charge is 0.323 e. The number of carboxylic acid groups (broad SMARTS) is 1. The highest BCUT2D eigenvalue weighted by molar-refractivity contribution is 5.73. The second-order valence-corrected chi connectivity index (χ2v) is 4.95. The Balaban J connectivity index is 1.83. The van der Waals surface area contributed by atoms with E-state index in [0.29, 0.717) is 6.54 Å². The van der Waals surface area contributed by atoms with E-state index in [-0.39, 0.29) is 0 Å². The first kappa shape index (κ1) is 16.1. The Morgan fingerprint density at radius 3 is 2.36 bits per heavy atom. The van der Waals surface area contributed by atoms with Crippen molar-refractivity contribution in [1.82, 2.24) is 15.3 Å². The Labute approximate surface area is 128 Å². The van der Waals surface area contributed by atoms with Crippen LogP contribution in [0.1, 0.15) is 17.0 Å². The van der Waals surface area contributed by atoms with Crippen LogP contribution < -0.4 is 5.32 Å². The molecule has 116 valence electrons. The number of carbonyl (C=O) groups is 1. The lowest BCUT2D eigenvalue weighted by Crippen LogP contribution is -2.39. The molecule has 0 saturated carbocycles. The minimum absolute atomic E-state index is 0.302. The van der Waals surface area contributed by atoms with Gasteiger partial charge in [0.2, 0.25) is 0 Å². The molecular formula is C16H19N3O3. The van der Waals surface area contributed by atoms with E-state index in [9.17, 15) is 4.79 Å². The van der Waals surface area contributed by atoms with E-state index >= 15 is 0 Å². The summed E-state index contributed by atoms with van der Waals surface area (Å²) in [4.78, 5) is 19.3. The second kappa shape index (κ2) is 8.21. The number of benzene rings is 1. The molecule has 0 bridgehead atoms. The SMILES string of the molecule is O=C(O)[C@H](CO)NCc1cnc(CCc2ccccc2)nc1. The minimum Gasteiger partial charge on any atom is -0.480 e. The summed E-state index contributed by atoms with van der Waals surface area (Å²) in [7, 11) is 0. The quantitative estimate of drug-likeness (QED) is 0.667. The van der Waals surface area contributed by atoms with Crippen molar-refractivity contribution in [2.24, 2.45) is 0 Å². The summed E-state index contributed by atoms with van der Waals surface area (Å²) in [5, 5.41) is 20.5. The molecule has 22 heavy (non-hydrogen) atoms. The van der Waals surface area contributed by atoms with Crippen molar-refractivity contribution in [3.05, 3.63) is 59.7 Å². The topological polar surface area (TPSA) is 95.3 Å². The van der Waals surface area contributed by atoms with Crippen molar-refractivity contribution in [3.63, 3.8) is 0 Å². The Morgan fingerprint density at radius 1 is 1.09 bits per heavy atom. The minimum atomic E-state index is -1.08. The molecule has 1 atom stereocenters. The van der Waals surface area contributed by atoms with Gasteiger partial charge in [-0.25, -0.2) is 9.97 Å². The maximum Gasteiger partial charge on any atom is 0.323 e. The maximum absolute atomic E-state index is 10.8. The number of aliphatic hydroxyl groups is 1. The molecule has 0 saturated heterocycles. The summed E-state index contributed by atoms with van der Waals surface area (Å²) in [5.74, 6) is -0.326. The molecule has 0 amide bonds. The van der Waals surface area contributed by atoms with Gasteiger partial charge in [-0.1, -0.05) is 30.3 Å². The first-order valence-electron chi connectivity index (χ1n) is 7.10. The summed E-state index contributed by atoms with van der Waals surface area (Å²) in [6, 6.07) is 9.16. The zero-order valence-electron chi connectivity index (χ0n) is 12.1. The molecule has 6 heteroatoms. The summed E-state index contributed by atoms with van der Waals surface area (Å²) in [5.41, 5.74) is 2.02. The Bertz CT molecular complexity index is 587. The summed E-state index contributed by atoms with van der Waals surface area (Å²) < 4.78 is 0. The highest BCUT2D eigenvalue weighted by Crippen LogP contribution is 2.04. The van der Waals surface area contributed by atoms with Crippen molar-refractivity contribution in [2.45, 2.75) is 25.4 Å². The third-order valence-electron chi connectivity index (χ3n) is 3.27. The molecular weight excluding hydrogens is 282 g/mol. The van der Waals surface area contributed by atoms with Crippen LogP contribution in [0.2, 0.25) is 0 Å². The van der Waals surface area contributed by atoms with Gasteiger partial charge >= 0.3 is 5.97 Å². The van der Waals surface area contributed by atoms with Crippen molar-refractivity contribution in [3.8, 4) is 0 Å². The Hall–Kier alpha value is -2.31. The highest BCUT2D eigenvalue weighted by atomic mass is 16.4. The molecule has 1 aromatic carbocycles. The molecule has 0 spiro atoms. The van der Waals surface area contributed by atoms with Crippen LogP contribution in [0.4, 0.5) is 0 Å². The van der Waals surface area contributed by atoms with Crippen LogP contribution in [0, 0.1) is 0 Å². The fraction of sp³-hybridized carbons (Fsp3) is 0.312. The third-order valence-corrected chi connectivity index (χ3v) is 3.27. The molecule has 0 aliphatic heterocycles. The fourth-order valence-corrected chi connectivity index (χ4v) is 1.97. The fourth-order valence-electron chi connectivity index (χ4n) is 1.97. The van der Waals surface area contributed by atoms with E-state index < -0.39 is 18.6 Å². The molecule has 0 unspecified atom stereocenters. The lowest BCUT2D eigenvalue weighted by Gasteiger charge is -2.11. The van der Waals surface area contributed by atoms with Crippen molar-refractivity contribution < 1.29 is 15.0 Å². The molecule has 0 radical (unpaired) electrons. The predicted octanol–water partition coefficient (Wildman–Crippen LogP) is 0.797. The number of aliphatic hydroxyl groups excluding tert-OH is 1. The number of carboxylic acids is 1. The molecule has 2 aromatic rings. The number of nitrogens with one attached hydrogen (secondary N) is 1. The summed E-state index contributed by atoms with van der Waals surface area (Å²) in [6.07, 6.45) is 4.99. The van der Waals surface area contributed by atoms with E-state index in [1.807, 2.05) is 18.2 Å². The highest BCUT2D eigenvalue weighted by Gasteiger charge is 2.14. The lowest BCUT2D eigenvalue weighted by atomic mass is 10.1. The van der Waals surface area contributed by atoms with E-state index in [4.69, 9.17) is 10.2 Å². The van der Waals surface area contributed by atoms with E-state index in [0.717, 1.165) is 24.2 Å². The average Bonchev–Trinajstić information content (AvgIpc) is 2.55. The molecule has 3 N–H and O–H groups in total. The average molecular weight is 301 g/mol. The van der Waals surface area contributed by atoms with Crippen LogP contribution in [-0.2, 0) is 24.2 Å². The zero-order chi connectivity index (χ0) is 15.8. The zero-order valence-corrected chi connectivity index (χ0v) is 12.1. The van der Waals surface area contributed by atoms with Gasteiger partial charge in [-0.3, -0.25) is 10.1 Å². The number of rotatable bonds is 8. The molecule has 0 aliphatic rings. The molecule has 1 heterocycles. The first-order chi connectivity index (χ1) is 10.7. The predicted molar refractivity (Wildman–Crippen MR) is 81.2 cm³/mol. The van der Waals surface area contributed by atoms with Gasteiger partial charge in [-0.05, 0) is 12.0 Å². The van der Waals surface area contributed by atoms with E-state index in [1.54, 1.807) is 12.4 Å². The largest absolute Gasteiger partial charge is 0.480 e. The summed E-state index contributed by atoms with van der Waals surface area (Å²) in [6.45, 7) is -0.151. The first-order valence-corrected chi connectivity index (χ1v) is 7.10. The van der Waals surface area contributed by atoms with Gasteiger partial charge < -0.3 is 10.2 Å². The normalized spacial score (nSPS) is 12.0. The molecule has 0 fully saturated rings.